The number of anilines is 1. The summed E-state index contributed by atoms with van der Waals surface area (Å²) in [6.45, 7) is 1.78. The Hall–Kier alpha value is -1.91. The Labute approximate surface area is 109 Å². The van der Waals surface area contributed by atoms with Crippen LogP contribution in [0.25, 0.3) is 0 Å². The van der Waals surface area contributed by atoms with Gasteiger partial charge in [-0.25, -0.2) is 13.4 Å². The summed E-state index contributed by atoms with van der Waals surface area (Å²) >= 11 is 1.20. The number of thiazole rings is 1. The molecule has 0 aliphatic carbocycles. The Balaban J connectivity index is 2.40. The molecule has 0 aliphatic rings. The number of nitrogens with one attached hydrogen (secondary N) is 1. The van der Waals surface area contributed by atoms with E-state index in [2.05, 4.69) is 9.71 Å². The molecule has 5 nitrogen and oxygen atoms in total. The first-order valence-electron chi connectivity index (χ1n) is 4.97. The summed E-state index contributed by atoms with van der Waals surface area (Å²) in [7, 11) is -3.77. The van der Waals surface area contributed by atoms with Gasteiger partial charge in [0, 0.05) is 5.38 Å². The van der Waals surface area contributed by atoms with Gasteiger partial charge in [-0.3, -0.25) is 4.72 Å². The molecule has 1 aromatic carbocycles. The first-order chi connectivity index (χ1) is 8.53. The molecule has 0 spiro atoms. The van der Waals surface area contributed by atoms with Crippen LogP contribution in [0.3, 0.4) is 0 Å². The third-order valence-electron chi connectivity index (χ3n) is 2.14. The average Bonchev–Trinajstić information content (AvgIpc) is 2.74. The summed E-state index contributed by atoms with van der Waals surface area (Å²) in [6.07, 6.45) is 0. The first kappa shape index (κ1) is 12.5. The normalized spacial score (nSPS) is 10.9. The Morgan fingerprint density at radius 2 is 2.11 bits per heavy atom. The maximum absolute atomic E-state index is 12.1. The second-order valence-electron chi connectivity index (χ2n) is 3.51. The van der Waals surface area contributed by atoms with Crippen molar-refractivity contribution in [3.63, 3.8) is 0 Å². The van der Waals surface area contributed by atoms with Gasteiger partial charge in [0.2, 0.25) is 0 Å². The second-order valence-corrected chi connectivity index (χ2v) is 6.02. The van der Waals surface area contributed by atoms with Gasteiger partial charge in [0.15, 0.2) is 5.13 Å². The number of aromatic nitrogens is 1. The number of sulfonamides is 1. The van der Waals surface area contributed by atoms with Crippen molar-refractivity contribution in [1.82, 2.24) is 4.98 Å². The maximum atomic E-state index is 12.1. The molecule has 0 radical (unpaired) electrons. The molecular formula is C11H9N3O2S2. The van der Waals surface area contributed by atoms with Crippen LogP contribution in [0.2, 0.25) is 0 Å². The number of hydrogen-bond acceptors (Lipinski definition) is 5. The molecule has 0 saturated carbocycles. The fourth-order valence-corrected chi connectivity index (χ4v) is 3.46. The van der Waals surface area contributed by atoms with Crippen LogP contribution in [0, 0.1) is 18.3 Å². The summed E-state index contributed by atoms with van der Waals surface area (Å²) < 4.78 is 26.5. The van der Waals surface area contributed by atoms with E-state index in [4.69, 9.17) is 5.26 Å². The average molecular weight is 279 g/mol. The van der Waals surface area contributed by atoms with Crippen LogP contribution in [0.15, 0.2) is 34.5 Å². The first-order valence-corrected chi connectivity index (χ1v) is 7.33. The van der Waals surface area contributed by atoms with Crippen LogP contribution in [0.1, 0.15) is 11.3 Å². The SMILES string of the molecule is Cc1csc(NS(=O)(=O)c2ccccc2C#N)n1. The molecule has 18 heavy (non-hydrogen) atoms. The molecule has 0 aliphatic heterocycles. The smallest absolute Gasteiger partial charge is 0.255 e. The molecule has 0 fully saturated rings. The highest BCUT2D eigenvalue weighted by atomic mass is 32.2. The molecule has 0 amide bonds. The molecule has 1 aromatic heterocycles. The van der Waals surface area contributed by atoms with E-state index < -0.39 is 10.0 Å². The van der Waals surface area contributed by atoms with E-state index in [-0.39, 0.29) is 10.5 Å². The van der Waals surface area contributed by atoms with Gasteiger partial charge in [0.1, 0.15) is 11.0 Å². The van der Waals surface area contributed by atoms with Crippen molar-refractivity contribution < 1.29 is 8.42 Å². The van der Waals surface area contributed by atoms with E-state index >= 15 is 0 Å². The third kappa shape index (κ3) is 2.50. The van der Waals surface area contributed by atoms with E-state index in [9.17, 15) is 8.42 Å². The van der Waals surface area contributed by atoms with Gasteiger partial charge in [-0.2, -0.15) is 5.26 Å². The molecule has 2 aromatic rings. The van der Waals surface area contributed by atoms with Crippen LogP contribution in [0.5, 0.6) is 0 Å². The Bertz CT molecular complexity index is 714. The lowest BCUT2D eigenvalue weighted by atomic mass is 10.2. The van der Waals surface area contributed by atoms with E-state index in [1.807, 2.05) is 6.07 Å². The molecule has 0 saturated heterocycles. The lowest BCUT2D eigenvalue weighted by molar-refractivity contribution is 0.601. The molecule has 1 N–H and O–H groups in total. The fourth-order valence-electron chi connectivity index (χ4n) is 1.36. The molecule has 0 atom stereocenters. The number of aryl methyl sites for hydroxylation is 1. The Morgan fingerprint density at radius 3 is 2.72 bits per heavy atom. The molecule has 7 heteroatoms. The zero-order valence-corrected chi connectivity index (χ0v) is 11.0. The van der Waals surface area contributed by atoms with Gasteiger partial charge in [-0.1, -0.05) is 12.1 Å². The highest BCUT2D eigenvalue weighted by Gasteiger charge is 2.19. The van der Waals surface area contributed by atoms with Crippen LogP contribution >= 0.6 is 11.3 Å². The molecule has 0 unspecified atom stereocenters. The minimum Gasteiger partial charge on any atom is -0.255 e. The minimum absolute atomic E-state index is 0.0413. The molecule has 2 rings (SSSR count). The van der Waals surface area contributed by atoms with Crippen molar-refractivity contribution in [3.8, 4) is 6.07 Å². The van der Waals surface area contributed by atoms with Gasteiger partial charge >= 0.3 is 0 Å². The summed E-state index contributed by atoms with van der Waals surface area (Å²) in [5, 5.41) is 10.9. The van der Waals surface area contributed by atoms with E-state index in [0.29, 0.717) is 5.13 Å². The monoisotopic (exact) mass is 279 g/mol. The van der Waals surface area contributed by atoms with Gasteiger partial charge < -0.3 is 0 Å². The van der Waals surface area contributed by atoms with Gasteiger partial charge in [0.25, 0.3) is 10.0 Å². The van der Waals surface area contributed by atoms with Crippen LogP contribution in [-0.4, -0.2) is 13.4 Å². The zero-order valence-electron chi connectivity index (χ0n) is 9.41. The van der Waals surface area contributed by atoms with Gasteiger partial charge in [-0.05, 0) is 19.1 Å². The van der Waals surface area contributed by atoms with Crippen LogP contribution in [0.4, 0.5) is 5.13 Å². The third-order valence-corrected chi connectivity index (χ3v) is 4.54. The minimum atomic E-state index is -3.77. The second kappa shape index (κ2) is 4.76. The highest BCUT2D eigenvalue weighted by Crippen LogP contribution is 2.21. The van der Waals surface area contributed by atoms with Gasteiger partial charge in [-0.15, -0.1) is 11.3 Å². The van der Waals surface area contributed by atoms with E-state index in [0.717, 1.165) is 5.69 Å². The topological polar surface area (TPSA) is 82.9 Å². The van der Waals surface area contributed by atoms with Crippen molar-refractivity contribution >= 4 is 26.5 Å². The van der Waals surface area contributed by atoms with Gasteiger partial charge in [0.05, 0.1) is 11.3 Å². The van der Waals surface area contributed by atoms with Crippen molar-refractivity contribution in [2.24, 2.45) is 0 Å². The lowest BCUT2D eigenvalue weighted by Crippen LogP contribution is -2.14. The summed E-state index contributed by atoms with van der Waals surface area (Å²) in [5.41, 5.74) is 0.851. The fraction of sp³-hybridized carbons (Fsp3) is 0.0909. The molecular weight excluding hydrogens is 270 g/mol. The number of nitriles is 1. The summed E-state index contributed by atoms with van der Waals surface area (Å²) in [4.78, 5) is 3.98. The molecule has 0 bridgehead atoms. The summed E-state index contributed by atoms with van der Waals surface area (Å²) in [5.74, 6) is 0. The van der Waals surface area contributed by atoms with Crippen molar-refractivity contribution in [2.75, 3.05) is 4.72 Å². The largest absolute Gasteiger partial charge is 0.264 e. The number of nitrogens with zero attached hydrogens (tertiary/aromatic N) is 2. The van der Waals surface area contributed by atoms with Crippen molar-refractivity contribution in [2.45, 2.75) is 11.8 Å². The standard InChI is InChI=1S/C11H9N3O2S2/c1-8-7-17-11(13-8)14-18(15,16)10-5-3-2-4-9(10)6-12/h2-5,7H,1H3,(H,13,14). The number of rotatable bonds is 3. The molecule has 1 heterocycles. The lowest BCUT2D eigenvalue weighted by Gasteiger charge is -2.06. The Kier molecular flexibility index (Phi) is 3.32. The predicted molar refractivity (Wildman–Crippen MR) is 68.8 cm³/mol. The van der Waals surface area contributed by atoms with E-state index in [1.165, 1.54) is 23.5 Å². The summed E-state index contributed by atoms with van der Waals surface area (Å²) in [6, 6.07) is 7.89. The predicted octanol–water partition coefficient (Wildman–Crippen LogP) is 2.12. The van der Waals surface area contributed by atoms with E-state index in [1.54, 1.807) is 24.4 Å². The van der Waals surface area contributed by atoms with Crippen molar-refractivity contribution in [3.05, 3.63) is 40.9 Å². The van der Waals surface area contributed by atoms with Crippen LogP contribution in [-0.2, 0) is 10.0 Å². The molecule has 92 valence electrons. The maximum Gasteiger partial charge on any atom is 0.264 e. The highest BCUT2D eigenvalue weighted by molar-refractivity contribution is 7.93. The zero-order chi connectivity index (χ0) is 13.2. The number of hydrogen-bond donors (Lipinski definition) is 1. The Morgan fingerprint density at radius 1 is 1.39 bits per heavy atom. The quantitative estimate of drug-likeness (QED) is 0.932. The van der Waals surface area contributed by atoms with Crippen LogP contribution < -0.4 is 4.72 Å². The number of benzene rings is 1. The van der Waals surface area contributed by atoms with Crippen molar-refractivity contribution in [1.29, 1.82) is 5.26 Å².